The first kappa shape index (κ1) is 12.6. The van der Waals surface area contributed by atoms with E-state index < -0.39 is 0 Å². The van der Waals surface area contributed by atoms with Crippen molar-refractivity contribution in [2.45, 2.75) is 26.2 Å². The van der Waals surface area contributed by atoms with Gasteiger partial charge in [0, 0.05) is 0 Å². The number of ether oxygens (including phenoxy) is 1. The highest BCUT2D eigenvalue weighted by atomic mass is 16.5. The average Bonchev–Trinajstić information content (AvgIpc) is 2.43. The number of benzene rings is 2. The summed E-state index contributed by atoms with van der Waals surface area (Å²) in [7, 11) is 1.41. The zero-order valence-electron chi connectivity index (χ0n) is 10.9. The molecule has 0 aromatic heterocycles. The van der Waals surface area contributed by atoms with Gasteiger partial charge in [-0.2, -0.15) is 0 Å². The molecule has 2 heteroatoms. The molecular weight excluding hydrogens is 224 g/mol. The molecule has 0 fully saturated rings. The Morgan fingerprint density at radius 2 is 2.06 bits per heavy atom. The quantitative estimate of drug-likeness (QED) is 0.758. The maximum absolute atomic E-state index is 11.7. The first-order valence-electron chi connectivity index (χ1n) is 6.36. The van der Waals surface area contributed by atoms with Gasteiger partial charge in [0.05, 0.1) is 12.7 Å². The van der Waals surface area contributed by atoms with E-state index in [0.717, 1.165) is 17.2 Å². The average molecular weight is 242 g/mol. The number of methoxy groups -OCH3 is 1. The van der Waals surface area contributed by atoms with Crippen LogP contribution in [0.1, 0.15) is 35.7 Å². The van der Waals surface area contributed by atoms with E-state index in [4.69, 9.17) is 4.74 Å². The lowest BCUT2D eigenvalue weighted by Gasteiger charge is -2.07. The second kappa shape index (κ2) is 5.67. The molecule has 0 aliphatic carbocycles. The van der Waals surface area contributed by atoms with Gasteiger partial charge < -0.3 is 4.74 Å². The molecule has 0 spiro atoms. The Labute approximate surface area is 108 Å². The topological polar surface area (TPSA) is 26.3 Å². The molecule has 0 atom stereocenters. The van der Waals surface area contributed by atoms with Crippen molar-refractivity contribution in [1.82, 2.24) is 0 Å². The van der Waals surface area contributed by atoms with Crippen molar-refractivity contribution in [2.24, 2.45) is 0 Å². The summed E-state index contributed by atoms with van der Waals surface area (Å²) in [6.45, 7) is 2.19. The van der Waals surface area contributed by atoms with Gasteiger partial charge in [-0.25, -0.2) is 4.79 Å². The normalized spacial score (nSPS) is 10.6. The zero-order chi connectivity index (χ0) is 13.0. The third kappa shape index (κ3) is 2.53. The van der Waals surface area contributed by atoms with Crippen LogP contribution < -0.4 is 0 Å². The van der Waals surface area contributed by atoms with Crippen LogP contribution in [0.25, 0.3) is 10.8 Å². The molecule has 0 unspecified atom stereocenters. The van der Waals surface area contributed by atoms with Crippen LogP contribution in [0.2, 0.25) is 0 Å². The van der Waals surface area contributed by atoms with Gasteiger partial charge >= 0.3 is 5.97 Å². The smallest absolute Gasteiger partial charge is 0.338 e. The molecule has 0 amide bonds. The highest BCUT2D eigenvalue weighted by Crippen LogP contribution is 2.21. The maximum Gasteiger partial charge on any atom is 0.338 e. The number of fused-ring (bicyclic) bond motifs is 1. The fourth-order valence-electron chi connectivity index (χ4n) is 2.16. The fourth-order valence-corrected chi connectivity index (χ4v) is 2.16. The summed E-state index contributed by atoms with van der Waals surface area (Å²) < 4.78 is 4.80. The van der Waals surface area contributed by atoms with Gasteiger partial charge in [0.15, 0.2) is 0 Å². The van der Waals surface area contributed by atoms with Crippen molar-refractivity contribution in [3.8, 4) is 0 Å². The monoisotopic (exact) mass is 242 g/mol. The van der Waals surface area contributed by atoms with E-state index in [1.165, 1.54) is 25.5 Å². The van der Waals surface area contributed by atoms with Crippen LogP contribution in [-0.4, -0.2) is 13.1 Å². The van der Waals surface area contributed by atoms with Gasteiger partial charge in [-0.15, -0.1) is 0 Å². The molecule has 0 saturated heterocycles. The van der Waals surface area contributed by atoms with Crippen molar-refractivity contribution in [2.75, 3.05) is 7.11 Å². The molecule has 0 aliphatic rings. The van der Waals surface area contributed by atoms with Gasteiger partial charge in [-0.3, -0.25) is 0 Å². The summed E-state index contributed by atoms with van der Waals surface area (Å²) in [6.07, 6.45) is 3.48. The Morgan fingerprint density at radius 1 is 1.22 bits per heavy atom. The molecule has 0 N–H and O–H groups in total. The van der Waals surface area contributed by atoms with Crippen molar-refractivity contribution in [1.29, 1.82) is 0 Å². The Hall–Kier alpha value is -1.83. The number of rotatable bonds is 4. The summed E-state index contributed by atoms with van der Waals surface area (Å²) in [6, 6.07) is 12.0. The zero-order valence-corrected chi connectivity index (χ0v) is 10.9. The molecule has 2 rings (SSSR count). The van der Waals surface area contributed by atoms with Gasteiger partial charge in [0.1, 0.15) is 0 Å². The van der Waals surface area contributed by atoms with E-state index >= 15 is 0 Å². The minimum Gasteiger partial charge on any atom is -0.465 e. The Bertz CT molecular complexity index is 558. The second-order valence-corrected chi connectivity index (χ2v) is 4.46. The second-order valence-electron chi connectivity index (χ2n) is 4.46. The predicted octanol–water partition coefficient (Wildman–Crippen LogP) is 3.97. The lowest BCUT2D eigenvalue weighted by Crippen LogP contribution is -2.01. The van der Waals surface area contributed by atoms with E-state index in [1.807, 2.05) is 18.2 Å². The molecule has 0 saturated carbocycles. The first-order chi connectivity index (χ1) is 8.76. The maximum atomic E-state index is 11.7. The van der Waals surface area contributed by atoms with E-state index in [9.17, 15) is 4.79 Å². The summed E-state index contributed by atoms with van der Waals surface area (Å²) in [5.41, 5.74) is 1.96. The Balaban J connectivity index is 2.43. The minimum atomic E-state index is -0.276. The van der Waals surface area contributed by atoms with E-state index in [1.54, 1.807) is 6.07 Å². The summed E-state index contributed by atoms with van der Waals surface area (Å²) in [5, 5.41) is 2.07. The molecule has 0 radical (unpaired) electrons. The summed E-state index contributed by atoms with van der Waals surface area (Å²) in [5.74, 6) is -0.276. The molecule has 94 valence electrons. The molecule has 0 aliphatic heterocycles. The SMILES string of the molecule is CCCCc1ccc2c(C(=O)OC)cccc2c1. The third-order valence-electron chi connectivity index (χ3n) is 3.17. The fraction of sp³-hybridized carbons (Fsp3) is 0.312. The van der Waals surface area contributed by atoms with Crippen LogP contribution in [0.15, 0.2) is 36.4 Å². The highest BCUT2D eigenvalue weighted by molar-refractivity contribution is 6.04. The number of hydrogen-bond acceptors (Lipinski definition) is 2. The van der Waals surface area contributed by atoms with Gasteiger partial charge in [0.2, 0.25) is 0 Å². The molecular formula is C16H18O2. The number of hydrogen-bond donors (Lipinski definition) is 0. The summed E-state index contributed by atoms with van der Waals surface area (Å²) in [4.78, 5) is 11.7. The van der Waals surface area contributed by atoms with Crippen LogP contribution in [0.5, 0.6) is 0 Å². The van der Waals surface area contributed by atoms with E-state index in [0.29, 0.717) is 5.56 Å². The number of carbonyl (C=O) groups is 1. The molecule has 2 nitrogen and oxygen atoms in total. The Morgan fingerprint density at radius 3 is 2.78 bits per heavy atom. The molecule has 18 heavy (non-hydrogen) atoms. The predicted molar refractivity (Wildman–Crippen MR) is 73.9 cm³/mol. The van der Waals surface area contributed by atoms with Crippen LogP contribution in [0.3, 0.4) is 0 Å². The lowest BCUT2D eigenvalue weighted by molar-refractivity contribution is 0.0603. The van der Waals surface area contributed by atoms with Crippen molar-refractivity contribution < 1.29 is 9.53 Å². The molecule has 2 aromatic rings. The standard InChI is InChI=1S/C16H18O2/c1-3-4-6-12-9-10-14-13(11-12)7-5-8-15(14)16(17)18-2/h5,7-11H,3-4,6H2,1-2H3. The highest BCUT2D eigenvalue weighted by Gasteiger charge is 2.09. The lowest BCUT2D eigenvalue weighted by atomic mass is 10.00. The van der Waals surface area contributed by atoms with Gasteiger partial charge in [-0.05, 0) is 35.2 Å². The number of esters is 1. The number of unbranched alkanes of at least 4 members (excludes halogenated alkanes) is 1. The van der Waals surface area contributed by atoms with Crippen LogP contribution in [-0.2, 0) is 11.2 Å². The largest absolute Gasteiger partial charge is 0.465 e. The van der Waals surface area contributed by atoms with E-state index in [-0.39, 0.29) is 5.97 Å². The van der Waals surface area contributed by atoms with Crippen LogP contribution in [0.4, 0.5) is 0 Å². The summed E-state index contributed by atoms with van der Waals surface area (Å²) >= 11 is 0. The Kier molecular flexibility index (Phi) is 3.98. The first-order valence-corrected chi connectivity index (χ1v) is 6.36. The van der Waals surface area contributed by atoms with Crippen molar-refractivity contribution in [3.63, 3.8) is 0 Å². The van der Waals surface area contributed by atoms with E-state index in [2.05, 4.69) is 19.1 Å². The van der Waals surface area contributed by atoms with Crippen LogP contribution >= 0.6 is 0 Å². The molecule has 0 heterocycles. The number of aryl methyl sites for hydroxylation is 1. The van der Waals surface area contributed by atoms with Gasteiger partial charge in [0.25, 0.3) is 0 Å². The molecule has 2 aromatic carbocycles. The van der Waals surface area contributed by atoms with Crippen molar-refractivity contribution in [3.05, 3.63) is 47.5 Å². The van der Waals surface area contributed by atoms with Crippen molar-refractivity contribution >= 4 is 16.7 Å². The third-order valence-corrected chi connectivity index (χ3v) is 3.17. The molecule has 0 bridgehead atoms. The van der Waals surface area contributed by atoms with Gasteiger partial charge in [-0.1, -0.05) is 43.7 Å². The number of carbonyl (C=O) groups excluding carboxylic acids is 1. The minimum absolute atomic E-state index is 0.276. The van der Waals surface area contributed by atoms with Crippen LogP contribution in [0, 0.1) is 0 Å².